The molecule has 16 heavy (non-hydrogen) atoms. The molecule has 1 heterocycles. The lowest BCUT2D eigenvalue weighted by atomic mass is 10.1. The summed E-state index contributed by atoms with van der Waals surface area (Å²) >= 11 is 0. The van der Waals surface area contributed by atoms with Crippen molar-refractivity contribution in [2.24, 2.45) is 0 Å². The quantitative estimate of drug-likeness (QED) is 0.732. The molecule has 0 atom stereocenters. The second-order valence-corrected chi connectivity index (χ2v) is 3.68. The number of aryl methyl sites for hydroxylation is 1. The fourth-order valence-electron chi connectivity index (χ4n) is 1.42. The molecular formula is C13H12N2O. The highest BCUT2D eigenvalue weighted by molar-refractivity contribution is 5.95. The summed E-state index contributed by atoms with van der Waals surface area (Å²) in [6.45, 7) is 2.02. The van der Waals surface area contributed by atoms with Crippen molar-refractivity contribution < 1.29 is 4.79 Å². The van der Waals surface area contributed by atoms with Crippen molar-refractivity contribution in [2.45, 2.75) is 13.3 Å². The zero-order valence-electron chi connectivity index (χ0n) is 9.05. The highest BCUT2D eigenvalue weighted by Gasteiger charge is 2.07. The number of nitrogens with zero attached hydrogens (tertiary/aromatic N) is 2. The van der Waals surface area contributed by atoms with Gasteiger partial charge in [0.1, 0.15) is 5.69 Å². The number of ketones is 1. The molecule has 2 aromatic rings. The van der Waals surface area contributed by atoms with E-state index in [1.807, 2.05) is 31.2 Å². The highest BCUT2D eigenvalue weighted by atomic mass is 16.1. The zero-order valence-corrected chi connectivity index (χ0v) is 9.05. The Morgan fingerprint density at radius 3 is 2.56 bits per heavy atom. The number of Topliss-reactive ketones (excluding diaryl/α,β-unsaturated/α-hetero) is 1. The van der Waals surface area contributed by atoms with Crippen molar-refractivity contribution in [1.82, 2.24) is 9.97 Å². The van der Waals surface area contributed by atoms with Crippen LogP contribution in [0.3, 0.4) is 0 Å². The third-order valence-electron chi connectivity index (χ3n) is 2.33. The molecule has 0 N–H and O–H groups in total. The van der Waals surface area contributed by atoms with Crippen LogP contribution in [0.2, 0.25) is 0 Å². The summed E-state index contributed by atoms with van der Waals surface area (Å²) in [6.07, 6.45) is 4.96. The molecule has 80 valence electrons. The second-order valence-electron chi connectivity index (χ2n) is 3.68. The molecular weight excluding hydrogens is 200 g/mol. The van der Waals surface area contributed by atoms with Gasteiger partial charge >= 0.3 is 0 Å². The predicted molar refractivity (Wildman–Crippen MR) is 61.2 cm³/mol. The number of hydrogen-bond donors (Lipinski definition) is 0. The predicted octanol–water partition coefficient (Wildman–Crippen LogP) is 2.21. The molecule has 3 heteroatoms. The lowest BCUT2D eigenvalue weighted by Gasteiger charge is -2.00. The second kappa shape index (κ2) is 4.66. The van der Waals surface area contributed by atoms with Crippen LogP contribution in [0.25, 0.3) is 0 Å². The minimum Gasteiger partial charge on any atom is -0.292 e. The average molecular weight is 212 g/mol. The van der Waals surface area contributed by atoms with Crippen LogP contribution in [-0.4, -0.2) is 15.8 Å². The molecule has 0 unspecified atom stereocenters. The summed E-state index contributed by atoms with van der Waals surface area (Å²) < 4.78 is 0. The molecule has 0 spiro atoms. The van der Waals surface area contributed by atoms with Crippen LogP contribution in [0.15, 0.2) is 42.9 Å². The van der Waals surface area contributed by atoms with Gasteiger partial charge in [-0.25, -0.2) is 4.98 Å². The molecule has 0 saturated heterocycles. The van der Waals surface area contributed by atoms with Crippen molar-refractivity contribution in [3.63, 3.8) is 0 Å². The van der Waals surface area contributed by atoms with Crippen LogP contribution < -0.4 is 0 Å². The fraction of sp³-hybridized carbons (Fsp3) is 0.154. The van der Waals surface area contributed by atoms with Gasteiger partial charge in [0.15, 0.2) is 5.78 Å². The molecule has 0 aliphatic heterocycles. The maximum absolute atomic E-state index is 11.8. The SMILES string of the molecule is Cc1ccc(CC(=O)c2cnccn2)cc1. The lowest BCUT2D eigenvalue weighted by Crippen LogP contribution is -2.06. The van der Waals surface area contributed by atoms with E-state index in [-0.39, 0.29) is 5.78 Å². The van der Waals surface area contributed by atoms with E-state index in [1.54, 1.807) is 6.20 Å². The van der Waals surface area contributed by atoms with E-state index in [4.69, 9.17) is 0 Å². The van der Waals surface area contributed by atoms with Gasteiger partial charge in [-0.1, -0.05) is 29.8 Å². The Morgan fingerprint density at radius 1 is 1.19 bits per heavy atom. The molecule has 0 bridgehead atoms. The topological polar surface area (TPSA) is 42.9 Å². The maximum atomic E-state index is 11.8. The van der Waals surface area contributed by atoms with Gasteiger partial charge < -0.3 is 0 Å². The molecule has 0 aliphatic rings. The molecule has 0 amide bonds. The molecule has 1 aromatic heterocycles. The minimum absolute atomic E-state index is 0.00282. The van der Waals surface area contributed by atoms with E-state index in [2.05, 4.69) is 9.97 Å². The van der Waals surface area contributed by atoms with E-state index in [9.17, 15) is 4.79 Å². The van der Waals surface area contributed by atoms with Gasteiger partial charge in [0.05, 0.1) is 6.20 Å². The Morgan fingerprint density at radius 2 is 1.94 bits per heavy atom. The minimum atomic E-state index is -0.00282. The Hall–Kier alpha value is -2.03. The van der Waals surface area contributed by atoms with Crippen LogP contribution in [0.4, 0.5) is 0 Å². The molecule has 0 aliphatic carbocycles. The van der Waals surface area contributed by atoms with E-state index >= 15 is 0 Å². The lowest BCUT2D eigenvalue weighted by molar-refractivity contribution is 0.0988. The molecule has 0 radical (unpaired) electrons. The van der Waals surface area contributed by atoms with Crippen molar-refractivity contribution in [1.29, 1.82) is 0 Å². The molecule has 0 fully saturated rings. The first kappa shape index (κ1) is 10.5. The highest BCUT2D eigenvalue weighted by Crippen LogP contribution is 2.06. The van der Waals surface area contributed by atoms with Gasteiger partial charge in [0.25, 0.3) is 0 Å². The fourth-order valence-corrected chi connectivity index (χ4v) is 1.42. The monoisotopic (exact) mass is 212 g/mol. The summed E-state index contributed by atoms with van der Waals surface area (Å²) in [6, 6.07) is 7.92. The van der Waals surface area contributed by atoms with Crippen molar-refractivity contribution >= 4 is 5.78 Å². The van der Waals surface area contributed by atoms with Crippen LogP contribution in [-0.2, 0) is 6.42 Å². The van der Waals surface area contributed by atoms with Gasteiger partial charge in [-0.2, -0.15) is 0 Å². The first-order valence-corrected chi connectivity index (χ1v) is 5.10. The van der Waals surface area contributed by atoms with Gasteiger partial charge in [0.2, 0.25) is 0 Å². The summed E-state index contributed by atoms with van der Waals surface area (Å²) in [4.78, 5) is 19.7. The third kappa shape index (κ3) is 2.51. The molecule has 2 rings (SSSR count). The molecule has 0 saturated carbocycles. The van der Waals surface area contributed by atoms with Gasteiger partial charge in [-0.15, -0.1) is 0 Å². The van der Waals surface area contributed by atoms with E-state index < -0.39 is 0 Å². The summed E-state index contributed by atoms with van der Waals surface area (Å²) in [5, 5.41) is 0. The van der Waals surface area contributed by atoms with Crippen molar-refractivity contribution in [2.75, 3.05) is 0 Å². The number of carbonyl (C=O) groups is 1. The standard InChI is InChI=1S/C13H12N2O/c1-10-2-4-11(5-3-10)8-13(16)12-9-14-6-7-15-12/h2-7,9H,8H2,1H3. The van der Waals surface area contributed by atoms with Gasteiger partial charge in [-0.05, 0) is 12.5 Å². The summed E-state index contributed by atoms with van der Waals surface area (Å²) in [7, 11) is 0. The Bertz CT molecular complexity index is 477. The third-order valence-corrected chi connectivity index (χ3v) is 2.33. The number of carbonyl (C=O) groups excluding carboxylic acids is 1. The smallest absolute Gasteiger partial charge is 0.187 e. The largest absolute Gasteiger partial charge is 0.292 e. The number of rotatable bonds is 3. The summed E-state index contributed by atoms with van der Waals surface area (Å²) in [5.41, 5.74) is 2.61. The maximum Gasteiger partial charge on any atom is 0.187 e. The summed E-state index contributed by atoms with van der Waals surface area (Å²) in [5.74, 6) is -0.00282. The Kier molecular flexibility index (Phi) is 3.05. The average Bonchev–Trinajstić information content (AvgIpc) is 2.33. The Labute approximate surface area is 94.2 Å². The van der Waals surface area contributed by atoms with Crippen molar-refractivity contribution in [3.05, 3.63) is 59.7 Å². The van der Waals surface area contributed by atoms with Gasteiger partial charge in [0, 0.05) is 18.8 Å². The molecule has 1 aromatic carbocycles. The molecule has 3 nitrogen and oxygen atoms in total. The first-order valence-electron chi connectivity index (χ1n) is 5.10. The number of hydrogen-bond acceptors (Lipinski definition) is 3. The van der Waals surface area contributed by atoms with E-state index in [1.165, 1.54) is 18.0 Å². The first-order chi connectivity index (χ1) is 7.75. The van der Waals surface area contributed by atoms with Crippen LogP contribution >= 0.6 is 0 Å². The Balaban J connectivity index is 2.11. The number of benzene rings is 1. The van der Waals surface area contributed by atoms with Crippen LogP contribution in [0.1, 0.15) is 21.6 Å². The normalized spacial score (nSPS) is 10.1. The number of aromatic nitrogens is 2. The van der Waals surface area contributed by atoms with E-state index in [0.717, 1.165) is 5.56 Å². The van der Waals surface area contributed by atoms with Crippen LogP contribution in [0, 0.1) is 6.92 Å². The zero-order chi connectivity index (χ0) is 11.4. The van der Waals surface area contributed by atoms with Crippen molar-refractivity contribution in [3.8, 4) is 0 Å². The van der Waals surface area contributed by atoms with Gasteiger partial charge in [-0.3, -0.25) is 9.78 Å². The van der Waals surface area contributed by atoms with E-state index in [0.29, 0.717) is 12.1 Å². The van der Waals surface area contributed by atoms with Crippen LogP contribution in [0.5, 0.6) is 0 Å².